The molecule has 4 nitrogen and oxygen atoms in total. The Morgan fingerprint density at radius 2 is 1.62 bits per heavy atom. The average molecular weight is 484 g/mol. The SMILES string of the molecule is O=C(CSC1CN(C(c2ccccc2)c2ccccc2)C1)NN=Cc1cccc(C(F)(F)F)c1. The quantitative estimate of drug-likeness (QED) is 0.347. The number of hydrazone groups is 1. The first kappa shape index (κ1) is 24.0. The van der Waals surface area contributed by atoms with Crippen molar-refractivity contribution in [3.8, 4) is 0 Å². The Morgan fingerprint density at radius 1 is 1.00 bits per heavy atom. The van der Waals surface area contributed by atoms with Gasteiger partial charge in [0.15, 0.2) is 0 Å². The van der Waals surface area contributed by atoms with E-state index in [9.17, 15) is 18.0 Å². The van der Waals surface area contributed by atoms with Gasteiger partial charge in [0, 0.05) is 18.3 Å². The molecular formula is C26H24F3N3OS. The Hall–Kier alpha value is -3.10. The molecule has 1 aliphatic rings. The number of hydrogen-bond acceptors (Lipinski definition) is 4. The molecule has 0 atom stereocenters. The van der Waals surface area contributed by atoms with E-state index in [1.165, 1.54) is 29.5 Å². The van der Waals surface area contributed by atoms with Crippen molar-refractivity contribution >= 4 is 23.9 Å². The highest BCUT2D eigenvalue weighted by atomic mass is 32.2. The average Bonchev–Trinajstić information content (AvgIpc) is 2.81. The molecule has 0 spiro atoms. The number of likely N-dealkylation sites (tertiary alicyclic amines) is 1. The van der Waals surface area contributed by atoms with Crippen molar-refractivity contribution in [1.29, 1.82) is 0 Å². The minimum absolute atomic E-state index is 0.171. The fourth-order valence-corrected chi connectivity index (χ4v) is 4.92. The number of amides is 1. The van der Waals surface area contributed by atoms with Crippen molar-refractivity contribution in [2.75, 3.05) is 18.8 Å². The van der Waals surface area contributed by atoms with Crippen LogP contribution in [0.15, 0.2) is 90.0 Å². The third-order valence-corrected chi connectivity index (χ3v) is 6.74. The van der Waals surface area contributed by atoms with Gasteiger partial charge in [-0.2, -0.15) is 18.3 Å². The summed E-state index contributed by atoms with van der Waals surface area (Å²) in [7, 11) is 0. The molecule has 0 aliphatic carbocycles. The Kier molecular flexibility index (Phi) is 7.70. The fourth-order valence-electron chi connectivity index (χ4n) is 3.87. The normalized spacial score (nSPS) is 14.9. The third kappa shape index (κ3) is 6.27. The third-order valence-electron chi connectivity index (χ3n) is 5.54. The van der Waals surface area contributed by atoms with E-state index in [0.717, 1.165) is 25.2 Å². The molecule has 34 heavy (non-hydrogen) atoms. The van der Waals surface area contributed by atoms with Crippen LogP contribution in [0.3, 0.4) is 0 Å². The smallest absolute Gasteiger partial charge is 0.290 e. The predicted octanol–water partition coefficient (Wildman–Crippen LogP) is 5.36. The van der Waals surface area contributed by atoms with Gasteiger partial charge in [-0.15, -0.1) is 11.8 Å². The molecule has 176 valence electrons. The molecule has 1 amide bonds. The number of rotatable bonds is 8. The number of hydrogen-bond donors (Lipinski definition) is 1. The van der Waals surface area contributed by atoms with E-state index in [1.807, 2.05) is 36.4 Å². The highest BCUT2D eigenvalue weighted by Gasteiger charge is 2.34. The van der Waals surface area contributed by atoms with Gasteiger partial charge in [-0.1, -0.05) is 72.8 Å². The van der Waals surface area contributed by atoms with Crippen LogP contribution in [0.5, 0.6) is 0 Å². The predicted molar refractivity (Wildman–Crippen MR) is 130 cm³/mol. The number of alkyl halides is 3. The van der Waals surface area contributed by atoms with Gasteiger partial charge in [-0.25, -0.2) is 5.43 Å². The fraction of sp³-hybridized carbons (Fsp3) is 0.231. The summed E-state index contributed by atoms with van der Waals surface area (Å²) in [6, 6.07) is 25.7. The van der Waals surface area contributed by atoms with Crippen LogP contribution in [0, 0.1) is 0 Å². The first-order chi connectivity index (χ1) is 16.4. The summed E-state index contributed by atoms with van der Waals surface area (Å²) in [4.78, 5) is 14.5. The van der Waals surface area contributed by atoms with E-state index in [2.05, 4.69) is 39.7 Å². The molecule has 0 aromatic heterocycles. The number of nitrogens with one attached hydrogen (secondary N) is 1. The van der Waals surface area contributed by atoms with Crippen molar-refractivity contribution in [1.82, 2.24) is 10.3 Å². The Balaban J connectivity index is 1.26. The van der Waals surface area contributed by atoms with Crippen molar-refractivity contribution in [2.45, 2.75) is 17.5 Å². The molecule has 0 radical (unpaired) electrons. The van der Waals surface area contributed by atoms with E-state index in [-0.39, 0.29) is 23.3 Å². The van der Waals surface area contributed by atoms with E-state index in [1.54, 1.807) is 11.8 Å². The van der Waals surface area contributed by atoms with Crippen LogP contribution < -0.4 is 5.43 Å². The van der Waals surface area contributed by atoms with E-state index < -0.39 is 11.7 Å². The highest BCUT2D eigenvalue weighted by Crippen LogP contribution is 2.35. The minimum Gasteiger partial charge on any atom is -0.290 e. The second-order valence-electron chi connectivity index (χ2n) is 8.03. The number of halogens is 3. The highest BCUT2D eigenvalue weighted by molar-refractivity contribution is 8.00. The van der Waals surface area contributed by atoms with Gasteiger partial charge in [0.05, 0.1) is 23.6 Å². The van der Waals surface area contributed by atoms with Crippen LogP contribution in [0.25, 0.3) is 0 Å². The Morgan fingerprint density at radius 3 is 2.21 bits per heavy atom. The lowest BCUT2D eigenvalue weighted by atomic mass is 9.94. The molecule has 1 fully saturated rings. The van der Waals surface area contributed by atoms with E-state index in [0.29, 0.717) is 5.25 Å². The zero-order valence-corrected chi connectivity index (χ0v) is 19.1. The molecule has 4 rings (SSSR count). The van der Waals surface area contributed by atoms with Crippen LogP contribution in [0.4, 0.5) is 13.2 Å². The summed E-state index contributed by atoms with van der Waals surface area (Å²) < 4.78 is 38.3. The van der Waals surface area contributed by atoms with Gasteiger partial charge in [-0.05, 0) is 28.8 Å². The second-order valence-corrected chi connectivity index (χ2v) is 9.32. The zero-order chi connectivity index (χ0) is 24.0. The van der Waals surface area contributed by atoms with Gasteiger partial charge < -0.3 is 0 Å². The lowest BCUT2D eigenvalue weighted by molar-refractivity contribution is -0.137. The molecule has 1 saturated heterocycles. The van der Waals surface area contributed by atoms with Gasteiger partial charge in [0.25, 0.3) is 0 Å². The molecule has 1 heterocycles. The first-order valence-electron chi connectivity index (χ1n) is 10.8. The molecule has 8 heteroatoms. The van der Waals surface area contributed by atoms with Gasteiger partial charge in [0.1, 0.15) is 0 Å². The number of nitrogens with zero attached hydrogens (tertiary/aromatic N) is 2. The van der Waals surface area contributed by atoms with Crippen molar-refractivity contribution < 1.29 is 18.0 Å². The molecule has 0 bridgehead atoms. The summed E-state index contributed by atoms with van der Waals surface area (Å²) in [5, 5.41) is 4.12. The lowest BCUT2D eigenvalue weighted by Crippen LogP contribution is -2.51. The maximum Gasteiger partial charge on any atom is 0.416 e. The number of thioether (sulfide) groups is 1. The Bertz CT molecular complexity index is 1080. The maximum atomic E-state index is 12.8. The van der Waals surface area contributed by atoms with Crippen molar-refractivity contribution in [3.63, 3.8) is 0 Å². The van der Waals surface area contributed by atoms with Crippen LogP contribution in [0.2, 0.25) is 0 Å². The van der Waals surface area contributed by atoms with Crippen LogP contribution in [0.1, 0.15) is 28.3 Å². The van der Waals surface area contributed by atoms with Crippen molar-refractivity contribution in [3.05, 3.63) is 107 Å². The minimum atomic E-state index is -4.42. The standard InChI is InChI=1S/C26H24F3N3OS/c27-26(28,29)22-13-7-8-19(14-22)15-30-31-24(33)18-34-23-16-32(17-23)25(20-9-3-1-4-10-20)21-11-5-2-6-12-21/h1-15,23,25H,16-18H2,(H,31,33). The van der Waals surface area contributed by atoms with Crippen LogP contribution in [-0.4, -0.2) is 41.1 Å². The molecule has 3 aromatic carbocycles. The Labute approximate surface area is 200 Å². The summed E-state index contributed by atoms with van der Waals surface area (Å²) in [5.41, 5.74) is 4.38. The largest absolute Gasteiger partial charge is 0.416 e. The molecule has 3 aromatic rings. The number of benzene rings is 3. The molecule has 0 unspecified atom stereocenters. The number of carbonyl (C=O) groups is 1. The van der Waals surface area contributed by atoms with Crippen LogP contribution >= 0.6 is 11.8 Å². The summed E-state index contributed by atoms with van der Waals surface area (Å²) in [5.74, 6) is -0.0471. The van der Waals surface area contributed by atoms with Gasteiger partial charge in [0.2, 0.25) is 5.91 Å². The molecule has 1 N–H and O–H groups in total. The topological polar surface area (TPSA) is 44.7 Å². The van der Waals surface area contributed by atoms with Crippen molar-refractivity contribution in [2.24, 2.45) is 5.10 Å². The zero-order valence-electron chi connectivity index (χ0n) is 18.3. The van der Waals surface area contributed by atoms with Gasteiger partial charge in [-0.3, -0.25) is 9.69 Å². The number of carbonyl (C=O) groups excluding carboxylic acids is 1. The van der Waals surface area contributed by atoms with Gasteiger partial charge >= 0.3 is 6.18 Å². The molecule has 1 aliphatic heterocycles. The molecule has 0 saturated carbocycles. The maximum absolute atomic E-state index is 12.8. The monoisotopic (exact) mass is 483 g/mol. The summed E-state index contributed by atoms with van der Waals surface area (Å²) in [6.07, 6.45) is -3.20. The summed E-state index contributed by atoms with van der Waals surface area (Å²) in [6.45, 7) is 1.72. The second kappa shape index (κ2) is 10.9. The molecular weight excluding hydrogens is 459 g/mol. The first-order valence-corrected chi connectivity index (χ1v) is 11.9. The van der Waals surface area contributed by atoms with Crippen LogP contribution in [-0.2, 0) is 11.0 Å². The summed E-state index contributed by atoms with van der Waals surface area (Å²) >= 11 is 1.56. The van der Waals surface area contributed by atoms with E-state index in [4.69, 9.17) is 0 Å². The van der Waals surface area contributed by atoms with E-state index >= 15 is 0 Å². The lowest BCUT2D eigenvalue weighted by Gasteiger charge is -2.44.